The molecule has 0 aliphatic rings. The number of unbranched alkanes of at least 4 members (excludes halogenated alkanes) is 4. The maximum absolute atomic E-state index is 11.9. The summed E-state index contributed by atoms with van der Waals surface area (Å²) < 4.78 is 15.3. The molecular formula is C22H32O6. The lowest BCUT2D eigenvalue weighted by atomic mass is 10.1. The Morgan fingerprint density at radius 3 is 2.57 bits per heavy atom. The second kappa shape index (κ2) is 13.8. The number of carbonyl (C=O) groups excluding carboxylic acids is 2. The molecule has 156 valence electrons. The van der Waals surface area contributed by atoms with Crippen LogP contribution in [0.4, 0.5) is 0 Å². The minimum atomic E-state index is -0.748. The van der Waals surface area contributed by atoms with Crippen LogP contribution in [0.25, 0.3) is 0 Å². The molecule has 6 heteroatoms. The number of ether oxygens (including phenoxy) is 3. The summed E-state index contributed by atoms with van der Waals surface area (Å²) in [7, 11) is 1.48. The predicted octanol–water partition coefficient (Wildman–Crippen LogP) is 3.98. The molecule has 0 fully saturated rings. The van der Waals surface area contributed by atoms with Gasteiger partial charge in [0.1, 0.15) is 0 Å². The van der Waals surface area contributed by atoms with Gasteiger partial charge in [-0.05, 0) is 30.5 Å². The summed E-state index contributed by atoms with van der Waals surface area (Å²) in [6.07, 6.45) is 7.51. The van der Waals surface area contributed by atoms with Gasteiger partial charge >= 0.3 is 11.9 Å². The highest BCUT2D eigenvalue weighted by atomic mass is 16.6. The fourth-order valence-electron chi connectivity index (χ4n) is 2.72. The van der Waals surface area contributed by atoms with Gasteiger partial charge in [0.2, 0.25) is 0 Å². The van der Waals surface area contributed by atoms with E-state index in [1.54, 1.807) is 24.3 Å². The molecule has 6 nitrogen and oxygen atoms in total. The number of hydrogen-bond donors (Lipinski definition) is 1. The Hall–Kier alpha value is -2.34. The number of hydrogen-bond acceptors (Lipinski definition) is 6. The van der Waals surface area contributed by atoms with Crippen molar-refractivity contribution in [1.29, 1.82) is 0 Å². The molecule has 1 rings (SSSR count). The molecule has 28 heavy (non-hydrogen) atoms. The normalized spacial score (nSPS) is 11.5. The fraction of sp³-hybridized carbons (Fsp3) is 0.545. The molecule has 0 radical (unpaired) electrons. The van der Waals surface area contributed by atoms with Gasteiger partial charge in [0.15, 0.2) is 18.1 Å². The largest absolute Gasteiger partial charge is 0.493 e. The van der Waals surface area contributed by atoms with Crippen LogP contribution in [0.3, 0.4) is 0 Å². The van der Waals surface area contributed by atoms with Gasteiger partial charge in [-0.3, -0.25) is 4.79 Å². The maximum Gasteiger partial charge on any atom is 0.349 e. The topological polar surface area (TPSA) is 82.1 Å². The second-order valence-electron chi connectivity index (χ2n) is 6.67. The van der Waals surface area contributed by atoms with Crippen molar-refractivity contribution in [2.45, 2.75) is 64.4 Å². The number of allylic oxidation sites excluding steroid dienone is 1. The van der Waals surface area contributed by atoms with E-state index in [0.717, 1.165) is 31.2 Å². The molecule has 0 heterocycles. The number of aliphatic hydroxyl groups is 1. The highest BCUT2D eigenvalue weighted by Gasteiger charge is 2.16. The van der Waals surface area contributed by atoms with E-state index in [0.29, 0.717) is 18.6 Å². The van der Waals surface area contributed by atoms with E-state index in [4.69, 9.17) is 14.2 Å². The van der Waals surface area contributed by atoms with Crippen molar-refractivity contribution >= 4 is 11.9 Å². The Bertz CT molecular complexity index is 625. The number of carbonyl (C=O) groups is 2. The minimum absolute atomic E-state index is 0.124. The predicted molar refractivity (Wildman–Crippen MR) is 107 cm³/mol. The van der Waals surface area contributed by atoms with Crippen LogP contribution in [0.2, 0.25) is 0 Å². The van der Waals surface area contributed by atoms with E-state index in [1.165, 1.54) is 13.5 Å². The monoisotopic (exact) mass is 392 g/mol. The molecule has 0 aromatic heterocycles. The van der Waals surface area contributed by atoms with Crippen LogP contribution in [0.5, 0.6) is 11.5 Å². The Balaban J connectivity index is 2.35. The zero-order chi connectivity index (χ0) is 20.8. The van der Waals surface area contributed by atoms with E-state index in [9.17, 15) is 14.7 Å². The first-order chi connectivity index (χ1) is 13.5. The third-order valence-corrected chi connectivity index (χ3v) is 4.23. The first-order valence-corrected chi connectivity index (χ1v) is 9.82. The molecule has 0 aliphatic carbocycles. The lowest BCUT2D eigenvalue weighted by Crippen LogP contribution is -2.22. The zero-order valence-electron chi connectivity index (χ0n) is 16.9. The highest BCUT2D eigenvalue weighted by molar-refractivity contribution is 5.78. The van der Waals surface area contributed by atoms with Gasteiger partial charge in [-0.2, -0.15) is 0 Å². The Morgan fingerprint density at radius 1 is 1.14 bits per heavy atom. The number of esters is 2. The van der Waals surface area contributed by atoms with Crippen LogP contribution >= 0.6 is 0 Å². The van der Waals surface area contributed by atoms with Crippen molar-refractivity contribution in [3.63, 3.8) is 0 Å². The molecule has 0 aliphatic heterocycles. The SMILES string of the molecule is C=CCc1ccc(OC(=O)COC(=O)CC(O)CCCCCCC)c(OC)c1. The summed E-state index contributed by atoms with van der Waals surface area (Å²) in [6, 6.07) is 5.18. The van der Waals surface area contributed by atoms with E-state index in [1.807, 2.05) is 0 Å². The van der Waals surface area contributed by atoms with E-state index >= 15 is 0 Å². The Morgan fingerprint density at radius 2 is 1.89 bits per heavy atom. The molecule has 1 unspecified atom stereocenters. The molecule has 1 N–H and O–H groups in total. The van der Waals surface area contributed by atoms with E-state index < -0.39 is 24.6 Å². The summed E-state index contributed by atoms with van der Waals surface area (Å²) in [6.45, 7) is 5.31. The highest BCUT2D eigenvalue weighted by Crippen LogP contribution is 2.28. The smallest absolute Gasteiger partial charge is 0.349 e. The van der Waals surface area contributed by atoms with Crippen molar-refractivity contribution < 1.29 is 28.9 Å². The third kappa shape index (κ3) is 9.55. The Kier molecular flexibility index (Phi) is 11.7. The summed E-state index contributed by atoms with van der Waals surface area (Å²) >= 11 is 0. The quantitative estimate of drug-likeness (QED) is 0.223. The van der Waals surface area contributed by atoms with Crippen LogP contribution in [0.15, 0.2) is 30.9 Å². The summed E-state index contributed by atoms with van der Waals surface area (Å²) in [4.78, 5) is 23.7. The van der Waals surface area contributed by atoms with Gasteiger partial charge in [-0.15, -0.1) is 6.58 Å². The minimum Gasteiger partial charge on any atom is -0.493 e. The van der Waals surface area contributed by atoms with Crippen LogP contribution in [0, 0.1) is 0 Å². The lowest BCUT2D eigenvalue weighted by Gasteiger charge is -2.12. The summed E-state index contributed by atoms with van der Waals surface area (Å²) in [5, 5.41) is 9.87. The van der Waals surface area contributed by atoms with E-state index in [2.05, 4.69) is 13.5 Å². The fourth-order valence-corrected chi connectivity index (χ4v) is 2.72. The number of benzene rings is 1. The van der Waals surface area contributed by atoms with Crippen molar-refractivity contribution in [2.24, 2.45) is 0 Å². The molecule has 1 atom stereocenters. The average molecular weight is 392 g/mol. The van der Waals surface area contributed by atoms with Crippen molar-refractivity contribution in [3.05, 3.63) is 36.4 Å². The first kappa shape index (κ1) is 23.7. The molecule has 0 spiro atoms. The van der Waals surface area contributed by atoms with E-state index in [-0.39, 0.29) is 12.2 Å². The molecule has 0 amide bonds. The van der Waals surface area contributed by atoms with Gasteiger partial charge in [0.05, 0.1) is 19.6 Å². The van der Waals surface area contributed by atoms with Gasteiger partial charge in [-0.1, -0.05) is 51.2 Å². The van der Waals surface area contributed by atoms with Gasteiger partial charge < -0.3 is 19.3 Å². The van der Waals surface area contributed by atoms with Crippen LogP contribution in [-0.4, -0.2) is 36.9 Å². The van der Waals surface area contributed by atoms with Gasteiger partial charge in [0.25, 0.3) is 0 Å². The molecule has 1 aromatic rings. The zero-order valence-corrected chi connectivity index (χ0v) is 16.9. The van der Waals surface area contributed by atoms with Crippen LogP contribution in [-0.2, 0) is 20.7 Å². The number of methoxy groups -OCH3 is 1. The number of rotatable bonds is 14. The number of aliphatic hydroxyl groups excluding tert-OH is 1. The maximum atomic E-state index is 11.9. The van der Waals surface area contributed by atoms with Crippen LogP contribution < -0.4 is 9.47 Å². The molecule has 0 bridgehead atoms. The molecule has 0 saturated carbocycles. The Labute approximate surface area is 167 Å². The van der Waals surface area contributed by atoms with Gasteiger partial charge in [-0.25, -0.2) is 4.79 Å². The van der Waals surface area contributed by atoms with Crippen molar-refractivity contribution in [3.8, 4) is 11.5 Å². The third-order valence-electron chi connectivity index (χ3n) is 4.23. The van der Waals surface area contributed by atoms with Crippen LogP contribution in [0.1, 0.15) is 57.4 Å². The summed E-state index contributed by atoms with van der Waals surface area (Å²) in [5.74, 6) is -0.663. The molecule has 1 aromatic carbocycles. The summed E-state index contributed by atoms with van der Waals surface area (Å²) in [5.41, 5.74) is 0.974. The standard InChI is InChI=1S/C22H32O6/c1-4-6-7-8-9-11-18(23)15-21(24)27-16-22(25)28-19-13-12-17(10-5-2)14-20(19)26-3/h5,12-14,18,23H,2,4,6-11,15-16H2,1,3H3. The first-order valence-electron chi connectivity index (χ1n) is 9.82. The van der Waals surface area contributed by atoms with Crippen molar-refractivity contribution in [2.75, 3.05) is 13.7 Å². The second-order valence-corrected chi connectivity index (χ2v) is 6.67. The van der Waals surface area contributed by atoms with Gasteiger partial charge in [0, 0.05) is 0 Å². The lowest BCUT2D eigenvalue weighted by molar-refractivity contribution is -0.155. The van der Waals surface area contributed by atoms with Crippen molar-refractivity contribution in [1.82, 2.24) is 0 Å². The molecule has 0 saturated heterocycles. The average Bonchev–Trinajstić information content (AvgIpc) is 2.67. The molecular weight excluding hydrogens is 360 g/mol.